The Kier molecular flexibility index (Phi) is 4.25. The van der Waals surface area contributed by atoms with Gasteiger partial charge in [-0.05, 0) is 49.4 Å². The molecule has 0 saturated carbocycles. The molecular weight excluding hydrogens is 256 g/mol. The molecule has 104 valence electrons. The smallest absolute Gasteiger partial charge is 0.186 e. The van der Waals surface area contributed by atoms with Gasteiger partial charge >= 0.3 is 0 Å². The summed E-state index contributed by atoms with van der Waals surface area (Å²) in [5.41, 5.74) is 0.530. The van der Waals surface area contributed by atoms with E-state index >= 15 is 0 Å². The Morgan fingerprint density at radius 2 is 1.85 bits per heavy atom. The molecule has 0 unspecified atom stereocenters. The Morgan fingerprint density at radius 1 is 1.10 bits per heavy atom. The third-order valence-electron chi connectivity index (χ3n) is 2.83. The van der Waals surface area contributed by atoms with Crippen LogP contribution < -0.4 is 9.47 Å². The van der Waals surface area contributed by atoms with E-state index in [9.17, 15) is 4.79 Å². The van der Waals surface area contributed by atoms with Gasteiger partial charge < -0.3 is 13.9 Å². The normalized spacial score (nSPS) is 10.8. The lowest BCUT2D eigenvalue weighted by molar-refractivity contribution is 0.104. The van der Waals surface area contributed by atoms with Gasteiger partial charge in [0.1, 0.15) is 11.5 Å². The first kappa shape index (κ1) is 13.9. The topological polar surface area (TPSA) is 48.7 Å². The largest absolute Gasteiger partial charge is 0.493 e. The van der Waals surface area contributed by atoms with Crippen molar-refractivity contribution >= 4 is 11.9 Å². The fraction of sp³-hybridized carbons (Fsp3) is 0.188. The first-order chi connectivity index (χ1) is 9.63. The van der Waals surface area contributed by atoms with E-state index in [0.29, 0.717) is 22.8 Å². The van der Waals surface area contributed by atoms with E-state index in [1.54, 1.807) is 31.4 Å². The highest BCUT2D eigenvalue weighted by Crippen LogP contribution is 2.27. The molecule has 0 amide bonds. The van der Waals surface area contributed by atoms with Crippen molar-refractivity contribution in [2.45, 2.75) is 6.92 Å². The summed E-state index contributed by atoms with van der Waals surface area (Å²) in [6.07, 6.45) is 3.12. The molecule has 0 N–H and O–H groups in total. The van der Waals surface area contributed by atoms with E-state index in [2.05, 4.69) is 0 Å². The number of rotatable bonds is 5. The van der Waals surface area contributed by atoms with E-state index in [0.717, 1.165) is 5.76 Å². The van der Waals surface area contributed by atoms with E-state index in [-0.39, 0.29) is 5.78 Å². The molecule has 0 radical (unpaired) electrons. The summed E-state index contributed by atoms with van der Waals surface area (Å²) in [6.45, 7) is 1.85. The molecule has 4 nitrogen and oxygen atoms in total. The highest BCUT2D eigenvalue weighted by atomic mass is 16.5. The summed E-state index contributed by atoms with van der Waals surface area (Å²) in [5, 5.41) is 0. The fourth-order valence-electron chi connectivity index (χ4n) is 1.79. The lowest BCUT2D eigenvalue weighted by Crippen LogP contribution is -1.97. The molecule has 2 aromatic rings. The number of ether oxygens (including phenoxy) is 2. The van der Waals surface area contributed by atoms with Gasteiger partial charge in [0, 0.05) is 5.56 Å². The monoisotopic (exact) mass is 272 g/mol. The molecule has 4 heteroatoms. The molecular formula is C16H16O4. The van der Waals surface area contributed by atoms with Crippen LogP contribution in [0.1, 0.15) is 21.9 Å². The number of allylic oxidation sites excluding steroid dienone is 1. The van der Waals surface area contributed by atoms with Crippen molar-refractivity contribution in [1.29, 1.82) is 0 Å². The number of methoxy groups -OCH3 is 2. The fourth-order valence-corrected chi connectivity index (χ4v) is 1.79. The molecule has 20 heavy (non-hydrogen) atoms. The number of furan rings is 1. The molecule has 0 aliphatic heterocycles. The van der Waals surface area contributed by atoms with E-state index < -0.39 is 0 Å². The van der Waals surface area contributed by atoms with Gasteiger partial charge in [-0.1, -0.05) is 0 Å². The summed E-state index contributed by atoms with van der Waals surface area (Å²) < 4.78 is 15.7. The number of carbonyl (C=O) groups excluding carboxylic acids is 1. The molecule has 0 atom stereocenters. The zero-order chi connectivity index (χ0) is 14.5. The van der Waals surface area contributed by atoms with E-state index in [1.165, 1.54) is 13.2 Å². The first-order valence-electron chi connectivity index (χ1n) is 6.15. The second-order valence-electron chi connectivity index (χ2n) is 4.22. The van der Waals surface area contributed by atoms with Crippen molar-refractivity contribution in [1.82, 2.24) is 0 Å². The number of ketones is 1. The maximum atomic E-state index is 12.1. The van der Waals surface area contributed by atoms with Crippen LogP contribution in [0.25, 0.3) is 6.08 Å². The van der Waals surface area contributed by atoms with Gasteiger partial charge in [-0.2, -0.15) is 0 Å². The minimum atomic E-state index is -0.125. The number of benzene rings is 1. The van der Waals surface area contributed by atoms with Crippen LogP contribution in [0.5, 0.6) is 11.5 Å². The van der Waals surface area contributed by atoms with Crippen molar-refractivity contribution < 1.29 is 18.7 Å². The third kappa shape index (κ3) is 3.09. The maximum absolute atomic E-state index is 12.1. The predicted molar refractivity (Wildman–Crippen MR) is 76.4 cm³/mol. The number of aryl methyl sites for hydroxylation is 1. The van der Waals surface area contributed by atoms with Gasteiger partial charge in [-0.15, -0.1) is 0 Å². The van der Waals surface area contributed by atoms with Gasteiger partial charge in [-0.25, -0.2) is 0 Å². The first-order valence-corrected chi connectivity index (χ1v) is 6.15. The lowest BCUT2D eigenvalue weighted by atomic mass is 10.1. The second-order valence-corrected chi connectivity index (χ2v) is 4.22. The molecule has 0 saturated heterocycles. The Balaban J connectivity index is 2.19. The maximum Gasteiger partial charge on any atom is 0.186 e. The van der Waals surface area contributed by atoms with Crippen molar-refractivity contribution in [2.75, 3.05) is 14.2 Å². The van der Waals surface area contributed by atoms with Crippen LogP contribution in [0.15, 0.2) is 40.8 Å². The highest BCUT2D eigenvalue weighted by molar-refractivity contribution is 6.07. The summed E-state index contributed by atoms with van der Waals surface area (Å²) in [6, 6.07) is 8.71. The molecule has 0 bridgehead atoms. The summed E-state index contributed by atoms with van der Waals surface area (Å²) in [7, 11) is 3.09. The van der Waals surface area contributed by atoms with Gasteiger partial charge in [0.2, 0.25) is 0 Å². The van der Waals surface area contributed by atoms with Gasteiger partial charge in [0.25, 0.3) is 0 Å². The summed E-state index contributed by atoms with van der Waals surface area (Å²) in [4.78, 5) is 12.1. The zero-order valence-electron chi connectivity index (χ0n) is 11.7. The lowest BCUT2D eigenvalue weighted by Gasteiger charge is -2.07. The Bertz CT molecular complexity index is 638. The van der Waals surface area contributed by atoms with Crippen molar-refractivity contribution in [3.05, 3.63) is 53.5 Å². The molecule has 1 heterocycles. The van der Waals surface area contributed by atoms with Crippen molar-refractivity contribution in [2.24, 2.45) is 0 Å². The molecule has 0 spiro atoms. The van der Waals surface area contributed by atoms with Crippen LogP contribution in [-0.2, 0) is 0 Å². The van der Waals surface area contributed by atoms with Crippen molar-refractivity contribution in [3.63, 3.8) is 0 Å². The third-order valence-corrected chi connectivity index (χ3v) is 2.83. The quantitative estimate of drug-likeness (QED) is 0.617. The standard InChI is InChI=1S/C16H16O4/c1-11-4-6-13(20-11)7-8-14(17)12-5-9-15(18-2)16(10-12)19-3/h4-10H,1-3H3/b8-7+. The summed E-state index contributed by atoms with van der Waals surface area (Å²) >= 11 is 0. The molecule has 1 aromatic carbocycles. The minimum Gasteiger partial charge on any atom is -0.493 e. The van der Waals surface area contributed by atoms with Gasteiger partial charge in [0.05, 0.1) is 14.2 Å². The number of hydrogen-bond donors (Lipinski definition) is 0. The van der Waals surface area contributed by atoms with Crippen LogP contribution in [0.2, 0.25) is 0 Å². The summed E-state index contributed by atoms with van der Waals surface area (Å²) in [5.74, 6) is 2.45. The van der Waals surface area contributed by atoms with Crippen LogP contribution in [0, 0.1) is 6.92 Å². The Hall–Kier alpha value is -2.49. The molecule has 2 rings (SSSR count). The van der Waals surface area contributed by atoms with Crippen LogP contribution >= 0.6 is 0 Å². The SMILES string of the molecule is COc1ccc(C(=O)/C=C/c2ccc(C)o2)cc1OC. The van der Waals surface area contributed by atoms with Crippen LogP contribution in [-0.4, -0.2) is 20.0 Å². The molecule has 0 aliphatic rings. The Morgan fingerprint density at radius 3 is 2.45 bits per heavy atom. The van der Waals surface area contributed by atoms with Crippen LogP contribution in [0.4, 0.5) is 0 Å². The molecule has 0 aliphatic carbocycles. The van der Waals surface area contributed by atoms with Gasteiger partial charge in [-0.3, -0.25) is 4.79 Å². The van der Waals surface area contributed by atoms with Gasteiger partial charge in [0.15, 0.2) is 17.3 Å². The molecule has 0 fully saturated rings. The number of carbonyl (C=O) groups is 1. The average molecular weight is 272 g/mol. The molecule has 1 aromatic heterocycles. The predicted octanol–water partition coefficient (Wildman–Crippen LogP) is 3.50. The van der Waals surface area contributed by atoms with Crippen molar-refractivity contribution in [3.8, 4) is 11.5 Å². The number of hydrogen-bond acceptors (Lipinski definition) is 4. The average Bonchev–Trinajstić information content (AvgIpc) is 2.89. The van der Waals surface area contributed by atoms with Crippen LogP contribution in [0.3, 0.4) is 0 Å². The second kappa shape index (κ2) is 6.10. The van der Waals surface area contributed by atoms with E-state index in [1.807, 2.05) is 19.1 Å². The Labute approximate surface area is 117 Å². The zero-order valence-corrected chi connectivity index (χ0v) is 11.7. The van der Waals surface area contributed by atoms with E-state index in [4.69, 9.17) is 13.9 Å². The minimum absolute atomic E-state index is 0.125. The highest BCUT2D eigenvalue weighted by Gasteiger charge is 2.08.